The quantitative estimate of drug-likeness (QED) is 0.626. The smallest absolute Gasteiger partial charge is 0.417 e. The van der Waals surface area contributed by atoms with Crippen LogP contribution in [0.5, 0.6) is 5.88 Å². The third kappa shape index (κ3) is 3.62. The number of alkyl halides is 3. The second-order valence-corrected chi connectivity index (χ2v) is 7.64. The van der Waals surface area contributed by atoms with Gasteiger partial charge in [-0.3, -0.25) is 9.78 Å². The van der Waals surface area contributed by atoms with E-state index in [-0.39, 0.29) is 35.7 Å². The van der Waals surface area contributed by atoms with Gasteiger partial charge in [0.05, 0.1) is 23.4 Å². The van der Waals surface area contributed by atoms with Crippen molar-refractivity contribution in [2.24, 2.45) is 5.92 Å². The van der Waals surface area contributed by atoms with Crippen molar-refractivity contribution < 1.29 is 27.1 Å². The van der Waals surface area contributed by atoms with Gasteiger partial charge in [-0.05, 0) is 37.0 Å². The molecule has 1 saturated heterocycles. The number of fused-ring (bicyclic) bond motifs is 2. The Kier molecular flexibility index (Phi) is 4.64. The molecule has 5 rings (SSSR count). The van der Waals surface area contributed by atoms with E-state index in [1.165, 1.54) is 18.5 Å². The molecule has 7 nitrogen and oxygen atoms in total. The number of oxazole rings is 1. The average Bonchev–Trinajstić information content (AvgIpc) is 3.50. The molecule has 0 aromatic carbocycles. The van der Waals surface area contributed by atoms with E-state index in [9.17, 15) is 18.0 Å². The van der Waals surface area contributed by atoms with E-state index in [0.717, 1.165) is 25.1 Å². The van der Waals surface area contributed by atoms with Crippen molar-refractivity contribution in [2.45, 2.75) is 31.2 Å². The van der Waals surface area contributed by atoms with Gasteiger partial charge in [0.2, 0.25) is 11.8 Å². The lowest BCUT2D eigenvalue weighted by atomic mass is 10.1. The number of aromatic nitrogens is 3. The number of halogens is 3. The average molecular weight is 430 g/mol. The molecule has 2 fully saturated rings. The third-order valence-corrected chi connectivity index (χ3v) is 5.69. The standard InChI is InChI=1S/C21H17F3N4O3/c22-21(23,24)13-3-4-17(27-10-13)31-16-9-12-8-15(16)28(11-12)20(29)14-2-1-5-25-18(14)19-26-6-7-30-19/h1-7,10,12,15-16H,8-9,11H2. The number of hydrogen-bond acceptors (Lipinski definition) is 6. The molecule has 1 aliphatic heterocycles. The Morgan fingerprint density at radius 3 is 2.68 bits per heavy atom. The number of pyridine rings is 2. The van der Waals surface area contributed by atoms with Gasteiger partial charge >= 0.3 is 6.18 Å². The number of nitrogens with zero attached hydrogens (tertiary/aromatic N) is 4. The molecule has 3 atom stereocenters. The van der Waals surface area contributed by atoms with E-state index >= 15 is 0 Å². The fourth-order valence-corrected chi connectivity index (χ4v) is 4.34. The molecule has 2 aliphatic rings. The van der Waals surface area contributed by atoms with Crippen LogP contribution in [0.3, 0.4) is 0 Å². The topological polar surface area (TPSA) is 81.4 Å². The Morgan fingerprint density at radius 2 is 2.00 bits per heavy atom. The molecule has 3 unspecified atom stereocenters. The van der Waals surface area contributed by atoms with Crippen molar-refractivity contribution in [1.29, 1.82) is 0 Å². The van der Waals surface area contributed by atoms with Crippen LogP contribution in [-0.2, 0) is 6.18 Å². The van der Waals surface area contributed by atoms with Crippen molar-refractivity contribution in [1.82, 2.24) is 19.9 Å². The molecule has 31 heavy (non-hydrogen) atoms. The maximum Gasteiger partial charge on any atom is 0.417 e. The van der Waals surface area contributed by atoms with Gasteiger partial charge in [-0.2, -0.15) is 13.2 Å². The maximum absolute atomic E-state index is 13.3. The second kappa shape index (κ2) is 7.36. The minimum Gasteiger partial charge on any atom is -0.472 e. The summed E-state index contributed by atoms with van der Waals surface area (Å²) < 4.78 is 49.4. The minimum absolute atomic E-state index is 0.111. The fraction of sp³-hybridized carbons (Fsp3) is 0.333. The number of rotatable bonds is 4. The number of hydrogen-bond donors (Lipinski definition) is 0. The summed E-state index contributed by atoms with van der Waals surface area (Å²) in [5.41, 5.74) is -0.0914. The van der Waals surface area contributed by atoms with Crippen molar-refractivity contribution in [2.75, 3.05) is 6.54 Å². The van der Waals surface area contributed by atoms with Crippen LogP contribution in [0.25, 0.3) is 11.6 Å². The van der Waals surface area contributed by atoms with Crippen LogP contribution in [0, 0.1) is 5.92 Å². The van der Waals surface area contributed by atoms with Crippen molar-refractivity contribution >= 4 is 5.91 Å². The Balaban J connectivity index is 1.35. The lowest BCUT2D eigenvalue weighted by molar-refractivity contribution is -0.137. The molecule has 0 spiro atoms. The van der Waals surface area contributed by atoms with E-state index in [1.807, 2.05) is 0 Å². The van der Waals surface area contributed by atoms with Crippen molar-refractivity contribution in [3.05, 3.63) is 60.2 Å². The van der Waals surface area contributed by atoms with Crippen molar-refractivity contribution in [3.8, 4) is 17.5 Å². The van der Waals surface area contributed by atoms with Gasteiger partial charge in [0, 0.05) is 25.0 Å². The van der Waals surface area contributed by atoms with Crippen LogP contribution in [-0.4, -0.2) is 44.4 Å². The van der Waals surface area contributed by atoms with Crippen molar-refractivity contribution in [3.63, 3.8) is 0 Å². The van der Waals surface area contributed by atoms with E-state index in [1.54, 1.807) is 23.2 Å². The van der Waals surface area contributed by atoms with E-state index in [2.05, 4.69) is 15.0 Å². The molecule has 4 heterocycles. The lowest BCUT2D eigenvalue weighted by Crippen LogP contribution is -2.47. The first kappa shape index (κ1) is 19.5. The molecule has 160 valence electrons. The number of carbonyl (C=O) groups is 1. The van der Waals surface area contributed by atoms with E-state index in [0.29, 0.717) is 17.8 Å². The number of ether oxygens (including phenoxy) is 1. The molecular weight excluding hydrogens is 413 g/mol. The number of piperidine rings is 1. The van der Waals surface area contributed by atoms with E-state index in [4.69, 9.17) is 9.15 Å². The molecule has 0 N–H and O–H groups in total. The highest BCUT2D eigenvalue weighted by Crippen LogP contribution is 2.41. The minimum atomic E-state index is -4.45. The summed E-state index contributed by atoms with van der Waals surface area (Å²) in [5, 5.41) is 0. The van der Waals surface area contributed by atoms with Crippen LogP contribution in [0.1, 0.15) is 28.8 Å². The fourth-order valence-electron chi connectivity index (χ4n) is 4.34. The Morgan fingerprint density at radius 1 is 1.13 bits per heavy atom. The summed E-state index contributed by atoms with van der Waals surface area (Å²) in [6.07, 6.45) is 1.91. The highest BCUT2D eigenvalue weighted by atomic mass is 19.4. The molecule has 2 bridgehead atoms. The predicted molar refractivity (Wildman–Crippen MR) is 101 cm³/mol. The summed E-state index contributed by atoms with van der Waals surface area (Å²) in [6.45, 7) is 0.587. The van der Waals surface area contributed by atoms with Crippen LogP contribution >= 0.6 is 0 Å². The van der Waals surface area contributed by atoms with Gasteiger partial charge < -0.3 is 14.1 Å². The molecule has 1 aliphatic carbocycles. The van der Waals surface area contributed by atoms with Gasteiger partial charge in [-0.1, -0.05) is 0 Å². The number of likely N-dealkylation sites (tertiary alicyclic amines) is 1. The Bertz CT molecular complexity index is 1090. The van der Waals surface area contributed by atoms with Crippen LogP contribution in [0.4, 0.5) is 13.2 Å². The lowest BCUT2D eigenvalue weighted by Gasteiger charge is -2.33. The highest BCUT2D eigenvalue weighted by molar-refractivity contribution is 5.99. The molecule has 1 saturated carbocycles. The first-order chi connectivity index (χ1) is 14.9. The number of carbonyl (C=O) groups excluding carboxylic acids is 1. The van der Waals surface area contributed by atoms with Crippen LogP contribution in [0.2, 0.25) is 0 Å². The summed E-state index contributed by atoms with van der Waals surface area (Å²) in [6, 6.07) is 5.31. The third-order valence-electron chi connectivity index (χ3n) is 5.69. The largest absolute Gasteiger partial charge is 0.472 e. The molecule has 3 aromatic heterocycles. The summed E-state index contributed by atoms with van der Waals surface area (Å²) >= 11 is 0. The molecule has 0 radical (unpaired) electrons. The summed E-state index contributed by atoms with van der Waals surface area (Å²) in [7, 11) is 0. The van der Waals surface area contributed by atoms with Gasteiger partial charge in [-0.25, -0.2) is 9.97 Å². The molecule has 3 aromatic rings. The number of amides is 1. The maximum atomic E-state index is 13.3. The Hall–Kier alpha value is -3.43. The zero-order chi connectivity index (χ0) is 21.6. The van der Waals surface area contributed by atoms with Gasteiger partial charge in [0.1, 0.15) is 18.1 Å². The zero-order valence-corrected chi connectivity index (χ0v) is 16.1. The summed E-state index contributed by atoms with van der Waals surface area (Å²) in [5.74, 6) is 0.424. The zero-order valence-electron chi connectivity index (χ0n) is 16.1. The second-order valence-electron chi connectivity index (χ2n) is 7.64. The van der Waals surface area contributed by atoms with Gasteiger partial charge in [-0.15, -0.1) is 0 Å². The predicted octanol–water partition coefficient (Wildman–Crippen LogP) is 3.83. The van der Waals surface area contributed by atoms with Gasteiger partial charge in [0.25, 0.3) is 5.91 Å². The first-order valence-corrected chi connectivity index (χ1v) is 9.76. The molecular formula is C21H17F3N4O3. The molecule has 1 amide bonds. The Labute approximate surface area is 174 Å². The van der Waals surface area contributed by atoms with Gasteiger partial charge in [0.15, 0.2) is 0 Å². The van der Waals surface area contributed by atoms with Crippen LogP contribution in [0.15, 0.2) is 53.5 Å². The normalized spacial score (nSPS) is 22.7. The SMILES string of the molecule is O=C(c1cccnc1-c1ncco1)N1CC2CC(Oc3ccc(C(F)(F)F)cn3)C1C2. The molecule has 10 heteroatoms. The van der Waals surface area contributed by atoms with E-state index < -0.39 is 11.7 Å². The summed E-state index contributed by atoms with van der Waals surface area (Å²) in [4.78, 5) is 27.2. The van der Waals surface area contributed by atoms with Crippen LogP contribution < -0.4 is 4.74 Å². The monoisotopic (exact) mass is 430 g/mol. The first-order valence-electron chi connectivity index (χ1n) is 9.76. The highest BCUT2D eigenvalue weighted by Gasteiger charge is 2.49.